The van der Waals surface area contributed by atoms with Crippen LogP contribution < -0.4 is 5.73 Å². The van der Waals surface area contributed by atoms with Gasteiger partial charge in [-0.2, -0.15) is 0 Å². The summed E-state index contributed by atoms with van der Waals surface area (Å²) in [5.74, 6) is 0.266. The molecule has 0 unspecified atom stereocenters. The van der Waals surface area contributed by atoms with Gasteiger partial charge in [-0.25, -0.2) is 0 Å². The Morgan fingerprint density at radius 2 is 2.18 bits per heavy atom. The maximum atomic E-state index is 11.1. The van der Waals surface area contributed by atoms with Gasteiger partial charge in [0, 0.05) is 12.8 Å². The first kappa shape index (κ1) is 10.4. The fourth-order valence-corrected chi connectivity index (χ4v) is 0.791. The Morgan fingerprint density at radius 1 is 1.55 bits per heavy atom. The van der Waals surface area contributed by atoms with Crippen LogP contribution in [0, 0.1) is 0 Å². The zero-order valence-electron chi connectivity index (χ0n) is 7.23. The number of hydrogen-bond acceptors (Lipinski definition) is 2. The number of carbonyl (C=O) groups is 1. The van der Waals surface area contributed by atoms with Crippen molar-refractivity contribution in [2.45, 2.75) is 32.6 Å². The smallest absolute Gasteiger partial charge is 0.136 e. The van der Waals surface area contributed by atoms with E-state index in [1.807, 2.05) is 6.92 Å². The largest absolute Gasteiger partial charge is 0.330 e. The second-order valence-corrected chi connectivity index (χ2v) is 2.71. The monoisotopic (exact) mass is 155 g/mol. The molecule has 2 heteroatoms. The average Bonchev–Trinajstić information content (AvgIpc) is 2.00. The van der Waals surface area contributed by atoms with Gasteiger partial charge in [0.15, 0.2) is 0 Å². The molecule has 0 spiro atoms. The number of hydrogen-bond donors (Lipinski definition) is 1. The molecule has 0 bridgehead atoms. The first-order chi connectivity index (χ1) is 5.20. The van der Waals surface area contributed by atoms with Gasteiger partial charge in [-0.05, 0) is 19.4 Å². The molecule has 0 aliphatic carbocycles. The molecule has 0 heterocycles. The minimum absolute atomic E-state index is 0.266. The van der Waals surface area contributed by atoms with Gasteiger partial charge in [-0.3, -0.25) is 4.79 Å². The van der Waals surface area contributed by atoms with E-state index < -0.39 is 0 Å². The van der Waals surface area contributed by atoms with E-state index in [2.05, 4.69) is 6.58 Å². The van der Waals surface area contributed by atoms with E-state index in [0.717, 1.165) is 18.4 Å². The van der Waals surface area contributed by atoms with E-state index in [1.54, 1.807) is 0 Å². The fraction of sp³-hybridized carbons (Fsp3) is 0.667. The standard InChI is InChI=1S/C9H17NO/c1-3-8(2)7-9(11)5-4-6-10/h2-7,10H2,1H3. The minimum Gasteiger partial charge on any atom is -0.330 e. The molecule has 0 aromatic heterocycles. The van der Waals surface area contributed by atoms with Gasteiger partial charge in [-0.15, -0.1) is 0 Å². The zero-order chi connectivity index (χ0) is 8.69. The lowest BCUT2D eigenvalue weighted by Crippen LogP contribution is -2.04. The van der Waals surface area contributed by atoms with E-state index in [4.69, 9.17) is 5.73 Å². The molecule has 2 nitrogen and oxygen atoms in total. The predicted octanol–water partition coefficient (Wildman–Crippen LogP) is 1.65. The lowest BCUT2D eigenvalue weighted by molar-refractivity contribution is -0.118. The summed E-state index contributed by atoms with van der Waals surface area (Å²) in [5, 5.41) is 0. The third-order valence-electron chi connectivity index (χ3n) is 1.61. The molecule has 0 aromatic carbocycles. The van der Waals surface area contributed by atoms with Gasteiger partial charge in [-0.1, -0.05) is 19.1 Å². The normalized spacial score (nSPS) is 9.64. The van der Waals surface area contributed by atoms with Crippen molar-refractivity contribution in [1.29, 1.82) is 0 Å². The summed E-state index contributed by atoms with van der Waals surface area (Å²) < 4.78 is 0. The van der Waals surface area contributed by atoms with Crippen LogP contribution in [-0.4, -0.2) is 12.3 Å². The Labute approximate surface area is 68.5 Å². The van der Waals surface area contributed by atoms with Crippen molar-refractivity contribution in [1.82, 2.24) is 0 Å². The van der Waals surface area contributed by atoms with Crippen LogP contribution in [0.5, 0.6) is 0 Å². The summed E-state index contributed by atoms with van der Waals surface area (Å²) in [6.07, 6.45) is 2.84. The maximum absolute atomic E-state index is 11.1. The number of carbonyl (C=O) groups excluding carboxylic acids is 1. The van der Waals surface area contributed by atoms with Crippen LogP contribution in [-0.2, 0) is 4.79 Å². The molecule has 0 radical (unpaired) electrons. The molecule has 0 aliphatic heterocycles. The number of ketones is 1. The number of nitrogens with two attached hydrogens (primary N) is 1. The molecule has 0 atom stereocenters. The van der Waals surface area contributed by atoms with E-state index >= 15 is 0 Å². The molecule has 0 amide bonds. The van der Waals surface area contributed by atoms with Gasteiger partial charge < -0.3 is 5.73 Å². The molecule has 0 rings (SSSR count). The Bertz CT molecular complexity index is 140. The molecule has 0 aliphatic rings. The third-order valence-corrected chi connectivity index (χ3v) is 1.61. The van der Waals surface area contributed by atoms with Crippen LogP contribution >= 0.6 is 0 Å². The summed E-state index contributed by atoms with van der Waals surface area (Å²) in [6, 6.07) is 0. The van der Waals surface area contributed by atoms with Gasteiger partial charge in [0.05, 0.1) is 0 Å². The van der Waals surface area contributed by atoms with Crippen molar-refractivity contribution in [3.8, 4) is 0 Å². The molecule has 64 valence electrons. The first-order valence-electron chi connectivity index (χ1n) is 4.09. The number of allylic oxidation sites excluding steroid dienone is 1. The second-order valence-electron chi connectivity index (χ2n) is 2.71. The second kappa shape index (κ2) is 6.10. The van der Waals surface area contributed by atoms with Crippen molar-refractivity contribution >= 4 is 5.78 Å². The molecule has 0 saturated carbocycles. The van der Waals surface area contributed by atoms with E-state index in [1.165, 1.54) is 0 Å². The summed E-state index contributed by atoms with van der Waals surface area (Å²) in [6.45, 7) is 6.38. The van der Waals surface area contributed by atoms with Gasteiger partial charge in [0.2, 0.25) is 0 Å². The third kappa shape index (κ3) is 5.80. The van der Waals surface area contributed by atoms with E-state index in [9.17, 15) is 4.79 Å². The van der Waals surface area contributed by atoms with Crippen molar-refractivity contribution in [3.05, 3.63) is 12.2 Å². The quantitative estimate of drug-likeness (QED) is 0.593. The minimum atomic E-state index is 0.266. The van der Waals surface area contributed by atoms with Gasteiger partial charge in [0.25, 0.3) is 0 Å². The lowest BCUT2D eigenvalue weighted by Gasteiger charge is -2.00. The first-order valence-corrected chi connectivity index (χ1v) is 4.09. The van der Waals surface area contributed by atoms with Gasteiger partial charge in [0.1, 0.15) is 5.78 Å². The fourth-order valence-electron chi connectivity index (χ4n) is 0.791. The van der Waals surface area contributed by atoms with E-state index in [0.29, 0.717) is 19.4 Å². The molecule has 0 saturated heterocycles. The Morgan fingerprint density at radius 3 is 2.64 bits per heavy atom. The van der Waals surface area contributed by atoms with E-state index in [-0.39, 0.29) is 5.78 Å². The van der Waals surface area contributed by atoms with Crippen LogP contribution in [0.15, 0.2) is 12.2 Å². The highest BCUT2D eigenvalue weighted by Crippen LogP contribution is 2.05. The molecule has 0 fully saturated rings. The SMILES string of the molecule is C=C(CC)CC(=O)CCCN. The van der Waals surface area contributed by atoms with Crippen LogP contribution in [0.2, 0.25) is 0 Å². The summed E-state index contributed by atoms with van der Waals surface area (Å²) in [5.41, 5.74) is 6.29. The maximum Gasteiger partial charge on any atom is 0.136 e. The lowest BCUT2D eigenvalue weighted by atomic mass is 10.1. The topological polar surface area (TPSA) is 43.1 Å². The summed E-state index contributed by atoms with van der Waals surface area (Å²) >= 11 is 0. The summed E-state index contributed by atoms with van der Waals surface area (Å²) in [7, 11) is 0. The van der Waals surface area contributed by atoms with Crippen LogP contribution in [0.1, 0.15) is 32.6 Å². The Hall–Kier alpha value is -0.630. The molecular weight excluding hydrogens is 138 g/mol. The average molecular weight is 155 g/mol. The van der Waals surface area contributed by atoms with Crippen LogP contribution in [0.3, 0.4) is 0 Å². The molecular formula is C9H17NO. The highest BCUT2D eigenvalue weighted by Gasteiger charge is 2.01. The van der Waals surface area contributed by atoms with Crippen molar-refractivity contribution < 1.29 is 4.79 Å². The Kier molecular flexibility index (Phi) is 5.75. The highest BCUT2D eigenvalue weighted by atomic mass is 16.1. The highest BCUT2D eigenvalue weighted by molar-refractivity contribution is 5.80. The van der Waals surface area contributed by atoms with Crippen LogP contribution in [0.25, 0.3) is 0 Å². The summed E-state index contributed by atoms with van der Waals surface area (Å²) in [4.78, 5) is 11.1. The number of Topliss-reactive ketones (excluding diaryl/α,β-unsaturated/α-hetero) is 1. The van der Waals surface area contributed by atoms with Crippen molar-refractivity contribution in [3.63, 3.8) is 0 Å². The molecule has 11 heavy (non-hydrogen) atoms. The Balaban J connectivity index is 3.44. The van der Waals surface area contributed by atoms with Crippen LogP contribution in [0.4, 0.5) is 0 Å². The molecule has 0 aromatic rings. The zero-order valence-corrected chi connectivity index (χ0v) is 7.23. The van der Waals surface area contributed by atoms with Gasteiger partial charge >= 0.3 is 0 Å². The molecule has 2 N–H and O–H groups in total. The number of rotatable bonds is 6. The van der Waals surface area contributed by atoms with Crippen molar-refractivity contribution in [2.75, 3.05) is 6.54 Å². The predicted molar refractivity (Wildman–Crippen MR) is 47.3 cm³/mol. The van der Waals surface area contributed by atoms with Crippen molar-refractivity contribution in [2.24, 2.45) is 5.73 Å².